The zero-order valence-corrected chi connectivity index (χ0v) is 11.2. The van der Waals surface area contributed by atoms with E-state index in [0.29, 0.717) is 25.9 Å². The maximum atomic E-state index is 11.6. The van der Waals surface area contributed by atoms with Gasteiger partial charge in [-0.1, -0.05) is 0 Å². The van der Waals surface area contributed by atoms with Crippen molar-refractivity contribution in [3.8, 4) is 0 Å². The molecule has 1 atom stereocenters. The van der Waals surface area contributed by atoms with Crippen LogP contribution >= 0.6 is 0 Å². The molecule has 0 radical (unpaired) electrons. The van der Waals surface area contributed by atoms with Crippen molar-refractivity contribution >= 4 is 17.8 Å². The molecule has 2 amide bonds. The highest BCUT2D eigenvalue weighted by molar-refractivity contribution is 5.83. The number of nitrogens with one attached hydrogen (secondary N) is 1. The van der Waals surface area contributed by atoms with Crippen molar-refractivity contribution in [2.45, 2.75) is 46.1 Å². The molecule has 0 aliphatic rings. The SMILES string of the molecule is CCN(CC)C(=O)CCCC(=O)N[C@H](C)C(=O)O. The van der Waals surface area contributed by atoms with Crippen molar-refractivity contribution in [1.82, 2.24) is 10.2 Å². The van der Waals surface area contributed by atoms with E-state index in [2.05, 4.69) is 5.32 Å². The minimum atomic E-state index is -1.07. The van der Waals surface area contributed by atoms with Crippen molar-refractivity contribution in [3.05, 3.63) is 0 Å². The number of carboxylic acids is 1. The lowest BCUT2D eigenvalue weighted by Crippen LogP contribution is -2.38. The van der Waals surface area contributed by atoms with Gasteiger partial charge in [-0.3, -0.25) is 14.4 Å². The molecule has 0 bridgehead atoms. The molecule has 0 heterocycles. The second kappa shape index (κ2) is 8.49. The Hall–Kier alpha value is -1.59. The van der Waals surface area contributed by atoms with Crippen LogP contribution in [-0.4, -0.2) is 46.9 Å². The highest BCUT2D eigenvalue weighted by Crippen LogP contribution is 2.01. The molecule has 2 N–H and O–H groups in total. The standard InChI is InChI=1S/C12H22N2O4/c1-4-14(5-2)11(16)8-6-7-10(15)13-9(3)12(17)18/h9H,4-8H2,1-3H3,(H,13,15)(H,17,18)/t9-/m1/s1. The lowest BCUT2D eigenvalue weighted by molar-refractivity contribution is -0.141. The molecule has 0 aliphatic heterocycles. The minimum Gasteiger partial charge on any atom is -0.480 e. The molecule has 0 aliphatic carbocycles. The van der Waals surface area contributed by atoms with Crippen LogP contribution in [0.1, 0.15) is 40.0 Å². The molecular weight excluding hydrogens is 236 g/mol. The molecule has 18 heavy (non-hydrogen) atoms. The summed E-state index contributed by atoms with van der Waals surface area (Å²) in [5, 5.41) is 11.0. The molecule has 0 rings (SSSR count). The number of carbonyl (C=O) groups is 3. The summed E-state index contributed by atoms with van der Waals surface area (Å²) in [7, 11) is 0. The van der Waals surface area contributed by atoms with Crippen molar-refractivity contribution in [1.29, 1.82) is 0 Å². The quantitative estimate of drug-likeness (QED) is 0.668. The van der Waals surface area contributed by atoms with Crippen molar-refractivity contribution in [2.75, 3.05) is 13.1 Å². The Bertz CT molecular complexity index is 300. The van der Waals surface area contributed by atoms with Gasteiger partial charge >= 0.3 is 5.97 Å². The molecule has 104 valence electrons. The first-order valence-electron chi connectivity index (χ1n) is 6.22. The molecule has 0 aromatic carbocycles. The number of amides is 2. The minimum absolute atomic E-state index is 0.0269. The molecule has 0 aromatic rings. The van der Waals surface area contributed by atoms with Crippen LogP contribution in [0, 0.1) is 0 Å². The van der Waals surface area contributed by atoms with E-state index < -0.39 is 12.0 Å². The zero-order chi connectivity index (χ0) is 14.1. The van der Waals surface area contributed by atoms with Gasteiger partial charge in [-0.2, -0.15) is 0 Å². The average molecular weight is 258 g/mol. The fraction of sp³-hybridized carbons (Fsp3) is 0.750. The topological polar surface area (TPSA) is 86.7 Å². The van der Waals surface area contributed by atoms with Gasteiger partial charge in [0.15, 0.2) is 0 Å². The smallest absolute Gasteiger partial charge is 0.325 e. The van der Waals surface area contributed by atoms with Gasteiger partial charge in [-0.15, -0.1) is 0 Å². The van der Waals surface area contributed by atoms with E-state index in [4.69, 9.17) is 5.11 Å². The third kappa shape index (κ3) is 6.22. The molecule has 0 fully saturated rings. The first-order chi connectivity index (χ1) is 8.42. The predicted octanol–water partition coefficient (Wildman–Crippen LogP) is 0.614. The number of rotatable bonds is 8. The Kier molecular flexibility index (Phi) is 7.74. The number of hydrogen-bond donors (Lipinski definition) is 2. The number of nitrogens with zero attached hydrogens (tertiary/aromatic N) is 1. The van der Waals surface area contributed by atoms with Crippen LogP contribution in [-0.2, 0) is 14.4 Å². The van der Waals surface area contributed by atoms with Crippen LogP contribution in [0.4, 0.5) is 0 Å². The number of carboxylic acid groups (broad SMARTS) is 1. The monoisotopic (exact) mass is 258 g/mol. The molecule has 6 heteroatoms. The summed E-state index contributed by atoms with van der Waals surface area (Å²) < 4.78 is 0. The van der Waals surface area contributed by atoms with Crippen LogP contribution < -0.4 is 5.32 Å². The highest BCUT2D eigenvalue weighted by Gasteiger charge is 2.14. The molecule has 0 saturated carbocycles. The van der Waals surface area contributed by atoms with Gasteiger partial charge in [-0.25, -0.2) is 0 Å². The maximum Gasteiger partial charge on any atom is 0.325 e. The summed E-state index contributed by atoms with van der Waals surface area (Å²) in [6, 6.07) is -0.893. The lowest BCUT2D eigenvalue weighted by Gasteiger charge is -2.18. The Morgan fingerprint density at radius 2 is 1.72 bits per heavy atom. The van der Waals surface area contributed by atoms with Gasteiger partial charge in [0.25, 0.3) is 0 Å². The third-order valence-electron chi connectivity index (χ3n) is 2.66. The van der Waals surface area contributed by atoms with Crippen LogP contribution in [0.15, 0.2) is 0 Å². The summed E-state index contributed by atoms with van der Waals surface area (Å²) in [6.07, 6.45) is 0.925. The number of carbonyl (C=O) groups excluding carboxylic acids is 2. The van der Waals surface area contributed by atoms with E-state index in [1.165, 1.54) is 6.92 Å². The molecule has 0 saturated heterocycles. The molecule has 0 unspecified atom stereocenters. The summed E-state index contributed by atoms with van der Waals surface area (Å²) >= 11 is 0. The number of aliphatic carboxylic acids is 1. The van der Waals surface area contributed by atoms with Crippen molar-refractivity contribution in [2.24, 2.45) is 0 Å². The van der Waals surface area contributed by atoms with E-state index in [0.717, 1.165) is 0 Å². The second-order valence-electron chi connectivity index (χ2n) is 4.05. The van der Waals surface area contributed by atoms with Crippen LogP contribution in [0.2, 0.25) is 0 Å². The fourth-order valence-electron chi connectivity index (χ4n) is 1.51. The maximum absolute atomic E-state index is 11.6. The Morgan fingerprint density at radius 1 is 1.17 bits per heavy atom. The summed E-state index contributed by atoms with van der Waals surface area (Å²) in [4.78, 5) is 35.2. The molecule has 0 spiro atoms. The van der Waals surface area contributed by atoms with Crippen molar-refractivity contribution in [3.63, 3.8) is 0 Å². The molecule has 6 nitrogen and oxygen atoms in total. The van der Waals surface area contributed by atoms with Gasteiger partial charge in [0.2, 0.25) is 11.8 Å². The first-order valence-corrected chi connectivity index (χ1v) is 6.22. The van der Waals surface area contributed by atoms with Crippen LogP contribution in [0.3, 0.4) is 0 Å². The molecular formula is C12H22N2O4. The van der Waals surface area contributed by atoms with Gasteiger partial charge in [0.05, 0.1) is 0 Å². The highest BCUT2D eigenvalue weighted by atomic mass is 16.4. The van der Waals surface area contributed by atoms with E-state index in [-0.39, 0.29) is 18.2 Å². The Morgan fingerprint density at radius 3 is 2.17 bits per heavy atom. The normalized spacial score (nSPS) is 11.7. The van der Waals surface area contributed by atoms with Gasteiger partial charge < -0.3 is 15.3 Å². The van der Waals surface area contributed by atoms with E-state index in [9.17, 15) is 14.4 Å². The number of hydrogen-bond acceptors (Lipinski definition) is 3. The van der Waals surface area contributed by atoms with Gasteiger partial charge in [0.1, 0.15) is 6.04 Å². The second-order valence-corrected chi connectivity index (χ2v) is 4.05. The predicted molar refractivity (Wildman–Crippen MR) is 67.0 cm³/mol. The van der Waals surface area contributed by atoms with Crippen LogP contribution in [0.25, 0.3) is 0 Å². The third-order valence-corrected chi connectivity index (χ3v) is 2.66. The molecule has 0 aromatic heterocycles. The first kappa shape index (κ1) is 16.4. The lowest BCUT2D eigenvalue weighted by atomic mass is 10.2. The summed E-state index contributed by atoms with van der Waals surface area (Å²) in [5.74, 6) is -1.38. The van der Waals surface area contributed by atoms with E-state index in [1.54, 1.807) is 4.90 Å². The van der Waals surface area contributed by atoms with Gasteiger partial charge in [-0.05, 0) is 27.2 Å². The summed E-state index contributed by atoms with van der Waals surface area (Å²) in [5.41, 5.74) is 0. The van der Waals surface area contributed by atoms with Gasteiger partial charge in [0, 0.05) is 25.9 Å². The summed E-state index contributed by atoms with van der Waals surface area (Å²) in [6.45, 7) is 6.54. The Balaban J connectivity index is 3.87. The van der Waals surface area contributed by atoms with E-state index in [1.807, 2.05) is 13.8 Å². The largest absolute Gasteiger partial charge is 0.480 e. The average Bonchev–Trinajstić information content (AvgIpc) is 2.30. The fourth-order valence-corrected chi connectivity index (χ4v) is 1.51. The van der Waals surface area contributed by atoms with E-state index >= 15 is 0 Å². The zero-order valence-electron chi connectivity index (χ0n) is 11.2. The Labute approximate surface area is 107 Å². The van der Waals surface area contributed by atoms with Crippen LogP contribution in [0.5, 0.6) is 0 Å². The van der Waals surface area contributed by atoms with Crippen molar-refractivity contribution < 1.29 is 19.5 Å².